The van der Waals surface area contributed by atoms with Crippen LogP contribution in [0.25, 0.3) is 0 Å². The molecule has 0 bridgehead atoms. The molecule has 64 valence electrons. The van der Waals surface area contributed by atoms with E-state index in [9.17, 15) is 4.39 Å². The van der Waals surface area contributed by atoms with Gasteiger partial charge >= 0.3 is 0 Å². The largest absolute Gasteiger partial charge is 0.333 e. The van der Waals surface area contributed by atoms with Crippen LogP contribution >= 0.6 is 0 Å². The first-order chi connectivity index (χ1) is 5.92. The Kier molecular flexibility index (Phi) is 1.81. The Morgan fingerprint density at radius 1 is 1.67 bits per heavy atom. The van der Waals surface area contributed by atoms with Crippen molar-refractivity contribution in [2.75, 3.05) is 12.0 Å². The number of aliphatic imine (C=N–C) groups is 1. The molecule has 3 nitrogen and oxygen atoms in total. The van der Waals surface area contributed by atoms with Crippen molar-refractivity contribution < 1.29 is 4.39 Å². The van der Waals surface area contributed by atoms with Gasteiger partial charge in [-0.15, -0.1) is 0 Å². The highest BCUT2D eigenvalue weighted by molar-refractivity contribution is 5.77. The second kappa shape index (κ2) is 2.97. The van der Waals surface area contributed by atoms with Crippen LogP contribution in [0.5, 0.6) is 0 Å². The molecule has 0 unspecified atom stereocenters. The normalized spacial score (nSPS) is 14.1. The van der Waals surface area contributed by atoms with Crippen LogP contribution in [-0.4, -0.2) is 17.6 Å². The number of alkyl halides is 1. The van der Waals surface area contributed by atoms with Gasteiger partial charge in [0.2, 0.25) is 0 Å². The van der Waals surface area contributed by atoms with Crippen LogP contribution in [0.15, 0.2) is 17.3 Å². The molecule has 0 fully saturated rings. The van der Waals surface area contributed by atoms with Gasteiger partial charge in [0.05, 0.1) is 19.4 Å². The lowest BCUT2D eigenvalue weighted by molar-refractivity contribution is 0.448. The van der Waals surface area contributed by atoms with E-state index in [0.29, 0.717) is 13.1 Å². The summed E-state index contributed by atoms with van der Waals surface area (Å²) in [5, 5.41) is 3.00. The van der Waals surface area contributed by atoms with Crippen molar-refractivity contribution in [1.82, 2.24) is 4.57 Å². The smallest absolute Gasteiger partial charge is 0.116 e. The number of aryl methyl sites for hydroxylation is 1. The summed E-state index contributed by atoms with van der Waals surface area (Å²) in [6.45, 7) is 0.776. The van der Waals surface area contributed by atoms with Crippen molar-refractivity contribution in [3.05, 3.63) is 17.8 Å². The third-order valence-corrected chi connectivity index (χ3v) is 1.93. The van der Waals surface area contributed by atoms with Gasteiger partial charge in [0.15, 0.2) is 0 Å². The molecular formula is C8H10FN3. The predicted octanol–water partition coefficient (Wildman–Crippen LogP) is 1.41. The molecule has 1 aromatic rings. The van der Waals surface area contributed by atoms with Crippen molar-refractivity contribution >= 4 is 12.2 Å². The van der Waals surface area contributed by atoms with Crippen LogP contribution in [0, 0.1) is 0 Å². The molecule has 1 aromatic heterocycles. The summed E-state index contributed by atoms with van der Waals surface area (Å²) in [5.41, 5.74) is 1.13. The zero-order valence-corrected chi connectivity index (χ0v) is 6.63. The van der Waals surface area contributed by atoms with Gasteiger partial charge in [0.1, 0.15) is 12.5 Å². The van der Waals surface area contributed by atoms with Crippen molar-refractivity contribution in [2.45, 2.75) is 13.1 Å². The number of halogens is 1. The Hall–Kier alpha value is -1.32. The maximum absolute atomic E-state index is 12.0. The van der Waals surface area contributed by atoms with Crippen LogP contribution < -0.4 is 5.32 Å². The fourth-order valence-electron chi connectivity index (χ4n) is 1.35. The van der Waals surface area contributed by atoms with E-state index in [0.717, 1.165) is 11.4 Å². The van der Waals surface area contributed by atoms with E-state index < -0.39 is 0 Å². The molecule has 2 heterocycles. The van der Waals surface area contributed by atoms with Gasteiger partial charge in [-0.25, -0.2) is 4.39 Å². The topological polar surface area (TPSA) is 29.3 Å². The summed E-state index contributed by atoms with van der Waals surface area (Å²) in [6, 6.07) is 1.97. The number of nitrogens with one attached hydrogen (secondary N) is 1. The first-order valence-corrected chi connectivity index (χ1v) is 3.90. The summed E-state index contributed by atoms with van der Waals surface area (Å²) in [6.07, 6.45) is 3.53. The van der Waals surface area contributed by atoms with Crippen LogP contribution in [0.3, 0.4) is 0 Å². The molecule has 0 saturated heterocycles. The Labute approximate surface area is 69.9 Å². The van der Waals surface area contributed by atoms with Gasteiger partial charge in [0, 0.05) is 11.8 Å². The molecule has 12 heavy (non-hydrogen) atoms. The predicted molar refractivity (Wildman–Crippen MR) is 46.2 cm³/mol. The van der Waals surface area contributed by atoms with Gasteiger partial charge in [0.25, 0.3) is 0 Å². The Morgan fingerprint density at radius 3 is 3.42 bits per heavy atom. The molecule has 0 saturated carbocycles. The van der Waals surface area contributed by atoms with Crippen molar-refractivity contribution in [1.29, 1.82) is 0 Å². The minimum atomic E-state index is -0.333. The molecule has 0 spiro atoms. The SMILES string of the molecule is FCCn1ccc2c1NC=NC2. The third-order valence-electron chi connectivity index (χ3n) is 1.93. The number of hydrogen-bond acceptors (Lipinski definition) is 2. The molecular weight excluding hydrogens is 157 g/mol. The molecule has 1 aliphatic heterocycles. The van der Waals surface area contributed by atoms with E-state index in [1.165, 1.54) is 0 Å². The zero-order valence-electron chi connectivity index (χ0n) is 6.63. The minimum Gasteiger partial charge on any atom is -0.333 e. The van der Waals surface area contributed by atoms with Gasteiger partial charge < -0.3 is 9.88 Å². The Balaban J connectivity index is 2.29. The molecule has 1 N–H and O–H groups in total. The summed E-state index contributed by atoms with van der Waals surface area (Å²) in [4.78, 5) is 4.05. The number of aromatic nitrogens is 1. The minimum absolute atomic E-state index is 0.333. The second-order valence-electron chi connectivity index (χ2n) is 2.69. The van der Waals surface area contributed by atoms with Crippen molar-refractivity contribution in [3.8, 4) is 0 Å². The van der Waals surface area contributed by atoms with Crippen LogP contribution in [0.1, 0.15) is 5.56 Å². The third kappa shape index (κ3) is 1.09. The Morgan fingerprint density at radius 2 is 2.58 bits per heavy atom. The van der Waals surface area contributed by atoms with E-state index in [2.05, 4.69) is 10.3 Å². The fourth-order valence-corrected chi connectivity index (χ4v) is 1.35. The summed E-state index contributed by atoms with van der Waals surface area (Å²) in [5.74, 6) is 0.975. The number of fused-ring (bicyclic) bond motifs is 1. The average molecular weight is 167 g/mol. The molecule has 2 rings (SSSR count). The molecule has 0 amide bonds. The van der Waals surface area contributed by atoms with E-state index in [1.54, 1.807) is 6.34 Å². The van der Waals surface area contributed by atoms with E-state index >= 15 is 0 Å². The maximum atomic E-state index is 12.0. The van der Waals surface area contributed by atoms with Gasteiger partial charge in [-0.1, -0.05) is 0 Å². The molecule has 0 radical (unpaired) electrons. The second-order valence-corrected chi connectivity index (χ2v) is 2.69. The van der Waals surface area contributed by atoms with Crippen molar-refractivity contribution in [2.24, 2.45) is 4.99 Å². The summed E-state index contributed by atoms with van der Waals surface area (Å²) < 4.78 is 13.9. The lowest BCUT2D eigenvalue weighted by atomic mass is 10.3. The first-order valence-electron chi connectivity index (χ1n) is 3.90. The molecule has 0 aliphatic carbocycles. The number of nitrogens with zero attached hydrogens (tertiary/aromatic N) is 2. The molecule has 1 aliphatic rings. The van der Waals surface area contributed by atoms with E-state index in [4.69, 9.17) is 0 Å². The fraction of sp³-hybridized carbons (Fsp3) is 0.375. The zero-order chi connectivity index (χ0) is 8.39. The van der Waals surface area contributed by atoms with Gasteiger partial charge in [-0.3, -0.25) is 4.99 Å². The van der Waals surface area contributed by atoms with E-state index in [-0.39, 0.29) is 6.67 Å². The highest BCUT2D eigenvalue weighted by atomic mass is 19.1. The number of hydrogen-bond donors (Lipinski definition) is 1. The molecule has 4 heteroatoms. The standard InChI is InChI=1S/C8H10FN3/c9-2-4-12-3-1-7-5-10-6-11-8(7)12/h1,3,6H,2,4-5H2,(H,10,11). The highest BCUT2D eigenvalue weighted by Gasteiger charge is 2.09. The van der Waals surface area contributed by atoms with Gasteiger partial charge in [-0.05, 0) is 6.07 Å². The summed E-state index contributed by atoms with van der Waals surface area (Å²) >= 11 is 0. The first kappa shape index (κ1) is 7.34. The lowest BCUT2D eigenvalue weighted by Gasteiger charge is -2.11. The quantitative estimate of drug-likeness (QED) is 0.709. The average Bonchev–Trinajstić information content (AvgIpc) is 2.50. The number of anilines is 1. The van der Waals surface area contributed by atoms with Crippen LogP contribution in [0.4, 0.5) is 10.2 Å². The monoisotopic (exact) mass is 167 g/mol. The lowest BCUT2D eigenvalue weighted by Crippen LogP contribution is -2.10. The maximum Gasteiger partial charge on any atom is 0.116 e. The van der Waals surface area contributed by atoms with Gasteiger partial charge in [-0.2, -0.15) is 0 Å². The van der Waals surface area contributed by atoms with E-state index in [1.807, 2.05) is 16.8 Å². The Bertz CT molecular complexity index is 303. The van der Waals surface area contributed by atoms with Crippen molar-refractivity contribution in [3.63, 3.8) is 0 Å². The summed E-state index contributed by atoms with van der Waals surface area (Å²) in [7, 11) is 0. The molecule has 0 aromatic carbocycles. The van der Waals surface area contributed by atoms with Crippen LogP contribution in [-0.2, 0) is 13.1 Å². The van der Waals surface area contributed by atoms with Crippen LogP contribution in [0.2, 0.25) is 0 Å². The number of rotatable bonds is 2. The molecule has 0 atom stereocenters. The highest BCUT2D eigenvalue weighted by Crippen LogP contribution is 2.20.